The summed E-state index contributed by atoms with van der Waals surface area (Å²) in [7, 11) is 0. The van der Waals surface area contributed by atoms with Gasteiger partial charge < -0.3 is 4.74 Å². The van der Waals surface area contributed by atoms with Crippen molar-refractivity contribution in [3.8, 4) is 0 Å². The van der Waals surface area contributed by atoms with Gasteiger partial charge in [-0.05, 0) is 6.07 Å². The molecular formula is C8H8N2O2. The minimum Gasteiger partial charge on any atom is -0.443 e. The van der Waals surface area contributed by atoms with E-state index in [2.05, 4.69) is 0 Å². The third kappa shape index (κ3) is 0.931. The average molecular weight is 164 g/mol. The predicted octanol–water partition coefficient (Wildman–Crippen LogP) is 1.02. The van der Waals surface area contributed by atoms with E-state index < -0.39 is 6.09 Å². The van der Waals surface area contributed by atoms with Crippen LogP contribution in [0.15, 0.2) is 24.3 Å². The third-order valence-electron chi connectivity index (χ3n) is 1.80. The van der Waals surface area contributed by atoms with E-state index in [1.807, 2.05) is 18.2 Å². The smallest absolute Gasteiger partial charge is 0.429 e. The van der Waals surface area contributed by atoms with Crippen molar-refractivity contribution in [3.63, 3.8) is 0 Å². The molecular weight excluding hydrogens is 156 g/mol. The Morgan fingerprint density at radius 3 is 3.00 bits per heavy atom. The molecule has 0 saturated carbocycles. The van der Waals surface area contributed by atoms with Gasteiger partial charge in [0.25, 0.3) is 0 Å². The lowest BCUT2D eigenvalue weighted by atomic mass is 10.2. The van der Waals surface area contributed by atoms with Crippen LogP contribution < -0.4 is 10.9 Å². The lowest BCUT2D eigenvalue weighted by molar-refractivity contribution is 0.142. The Kier molecular flexibility index (Phi) is 1.48. The quantitative estimate of drug-likeness (QED) is 0.460. The van der Waals surface area contributed by atoms with Gasteiger partial charge >= 0.3 is 6.09 Å². The van der Waals surface area contributed by atoms with Gasteiger partial charge in [-0.15, -0.1) is 0 Å². The number of nitrogens with zero attached hydrogens (tertiary/aromatic N) is 1. The van der Waals surface area contributed by atoms with Crippen LogP contribution >= 0.6 is 0 Å². The molecule has 0 fully saturated rings. The first kappa shape index (κ1) is 7.12. The van der Waals surface area contributed by atoms with Crippen molar-refractivity contribution in [2.45, 2.75) is 6.61 Å². The fourth-order valence-corrected chi connectivity index (χ4v) is 1.18. The first-order chi connectivity index (χ1) is 5.79. The largest absolute Gasteiger partial charge is 0.443 e. The Bertz CT molecular complexity index is 325. The van der Waals surface area contributed by atoms with Gasteiger partial charge in [-0.2, -0.15) is 0 Å². The second-order valence-corrected chi connectivity index (χ2v) is 2.55. The summed E-state index contributed by atoms with van der Waals surface area (Å²) < 4.78 is 4.78. The van der Waals surface area contributed by atoms with E-state index in [9.17, 15) is 4.79 Å². The molecule has 4 heteroatoms. The lowest BCUT2D eigenvalue weighted by Crippen LogP contribution is -2.41. The number of amides is 1. The maximum atomic E-state index is 10.9. The van der Waals surface area contributed by atoms with E-state index >= 15 is 0 Å². The van der Waals surface area contributed by atoms with E-state index in [1.54, 1.807) is 6.07 Å². The van der Waals surface area contributed by atoms with Crippen molar-refractivity contribution in [1.82, 2.24) is 0 Å². The normalized spacial score (nSPS) is 15.4. The molecule has 12 heavy (non-hydrogen) atoms. The van der Waals surface area contributed by atoms with Crippen LogP contribution in [0.25, 0.3) is 0 Å². The molecule has 0 aliphatic carbocycles. The Labute approximate surface area is 69.5 Å². The highest BCUT2D eigenvalue weighted by Crippen LogP contribution is 2.23. The molecule has 1 aliphatic heterocycles. The SMILES string of the molecule is NN1C(=O)OCc2ccccc21. The van der Waals surface area contributed by atoms with Crippen LogP contribution in [-0.4, -0.2) is 6.09 Å². The van der Waals surface area contributed by atoms with Crippen molar-refractivity contribution in [1.29, 1.82) is 0 Å². The van der Waals surface area contributed by atoms with Gasteiger partial charge in [0.2, 0.25) is 0 Å². The Morgan fingerprint density at radius 2 is 2.17 bits per heavy atom. The number of hydrazine groups is 1. The van der Waals surface area contributed by atoms with E-state index in [0.29, 0.717) is 12.3 Å². The Hall–Kier alpha value is -1.55. The van der Waals surface area contributed by atoms with Crippen LogP contribution in [0.1, 0.15) is 5.56 Å². The number of para-hydroxylation sites is 1. The number of carbonyl (C=O) groups excluding carboxylic acids is 1. The molecule has 1 heterocycles. The second kappa shape index (κ2) is 2.49. The van der Waals surface area contributed by atoms with E-state index in [1.165, 1.54) is 0 Å². The summed E-state index contributed by atoms with van der Waals surface area (Å²) in [5, 5.41) is 1.01. The standard InChI is InChI=1S/C8H8N2O2/c9-10-7-4-2-1-3-6(7)5-12-8(10)11/h1-4H,5,9H2. The summed E-state index contributed by atoms with van der Waals surface area (Å²) in [5.74, 6) is 5.45. The van der Waals surface area contributed by atoms with Gasteiger partial charge in [-0.1, -0.05) is 18.2 Å². The first-order valence-electron chi connectivity index (χ1n) is 3.58. The zero-order valence-electron chi connectivity index (χ0n) is 6.36. The highest BCUT2D eigenvalue weighted by atomic mass is 16.6. The van der Waals surface area contributed by atoms with Crippen molar-refractivity contribution in [2.24, 2.45) is 5.84 Å². The molecule has 1 amide bonds. The molecule has 2 rings (SSSR count). The molecule has 1 aliphatic rings. The predicted molar refractivity (Wildman–Crippen MR) is 43.3 cm³/mol. The lowest BCUT2D eigenvalue weighted by Gasteiger charge is -2.24. The van der Waals surface area contributed by atoms with Crippen LogP contribution in [0.2, 0.25) is 0 Å². The summed E-state index contributed by atoms with van der Waals surface area (Å²) in [4.78, 5) is 10.9. The van der Waals surface area contributed by atoms with Crippen LogP contribution in [0.4, 0.5) is 10.5 Å². The zero-order valence-corrected chi connectivity index (χ0v) is 6.36. The monoisotopic (exact) mass is 164 g/mol. The molecule has 62 valence electrons. The summed E-state index contributed by atoms with van der Waals surface area (Å²) in [6.07, 6.45) is -0.506. The molecule has 1 aromatic carbocycles. The van der Waals surface area contributed by atoms with Gasteiger partial charge in [0.15, 0.2) is 0 Å². The van der Waals surface area contributed by atoms with Crippen molar-refractivity contribution in [2.75, 3.05) is 5.01 Å². The fraction of sp³-hybridized carbons (Fsp3) is 0.125. The van der Waals surface area contributed by atoms with Crippen LogP contribution in [0.5, 0.6) is 0 Å². The van der Waals surface area contributed by atoms with Crippen LogP contribution in [0.3, 0.4) is 0 Å². The van der Waals surface area contributed by atoms with Crippen molar-refractivity contribution >= 4 is 11.8 Å². The summed E-state index contributed by atoms with van der Waals surface area (Å²) in [6, 6.07) is 7.38. The van der Waals surface area contributed by atoms with Crippen LogP contribution in [0, 0.1) is 0 Å². The maximum absolute atomic E-state index is 10.9. The van der Waals surface area contributed by atoms with Gasteiger partial charge in [0.05, 0.1) is 5.69 Å². The molecule has 0 radical (unpaired) electrons. The summed E-state index contributed by atoms with van der Waals surface area (Å²) in [6.45, 7) is 0.308. The van der Waals surface area contributed by atoms with Gasteiger partial charge in [0.1, 0.15) is 6.61 Å². The van der Waals surface area contributed by atoms with Crippen LogP contribution in [-0.2, 0) is 11.3 Å². The minimum atomic E-state index is -0.506. The number of ether oxygens (including phenoxy) is 1. The number of hydrogen-bond donors (Lipinski definition) is 1. The molecule has 0 atom stereocenters. The highest BCUT2D eigenvalue weighted by Gasteiger charge is 2.21. The van der Waals surface area contributed by atoms with E-state index in [4.69, 9.17) is 10.6 Å². The minimum absolute atomic E-state index is 0.308. The number of nitrogens with two attached hydrogens (primary N) is 1. The number of anilines is 1. The molecule has 0 saturated heterocycles. The summed E-state index contributed by atoms with van der Waals surface area (Å²) in [5.41, 5.74) is 1.65. The van der Waals surface area contributed by atoms with Crippen molar-refractivity contribution in [3.05, 3.63) is 29.8 Å². The average Bonchev–Trinajstić information content (AvgIpc) is 2.12. The van der Waals surface area contributed by atoms with E-state index in [0.717, 1.165) is 10.6 Å². The number of cyclic esters (lactones) is 1. The second-order valence-electron chi connectivity index (χ2n) is 2.55. The zero-order chi connectivity index (χ0) is 8.55. The topological polar surface area (TPSA) is 55.6 Å². The summed E-state index contributed by atoms with van der Waals surface area (Å²) >= 11 is 0. The number of fused-ring (bicyclic) bond motifs is 1. The molecule has 2 N–H and O–H groups in total. The number of hydrogen-bond acceptors (Lipinski definition) is 3. The molecule has 0 aromatic heterocycles. The van der Waals surface area contributed by atoms with E-state index in [-0.39, 0.29) is 0 Å². The van der Waals surface area contributed by atoms with Gasteiger partial charge in [0, 0.05) is 5.56 Å². The molecule has 0 bridgehead atoms. The first-order valence-corrected chi connectivity index (χ1v) is 3.58. The van der Waals surface area contributed by atoms with Gasteiger partial charge in [-0.3, -0.25) is 0 Å². The fourth-order valence-electron chi connectivity index (χ4n) is 1.18. The highest BCUT2D eigenvalue weighted by molar-refractivity contribution is 5.88. The van der Waals surface area contributed by atoms with Crippen molar-refractivity contribution < 1.29 is 9.53 Å². The Morgan fingerprint density at radius 1 is 1.42 bits per heavy atom. The molecule has 0 unspecified atom stereocenters. The maximum Gasteiger partial charge on any atom is 0.429 e. The third-order valence-corrected chi connectivity index (χ3v) is 1.80. The molecule has 4 nitrogen and oxygen atoms in total. The number of benzene rings is 1. The number of rotatable bonds is 0. The molecule has 1 aromatic rings. The molecule has 0 spiro atoms. The Balaban J connectivity index is 2.48. The number of carbonyl (C=O) groups is 1. The van der Waals surface area contributed by atoms with Gasteiger partial charge in [-0.25, -0.2) is 15.6 Å².